The highest BCUT2D eigenvalue weighted by molar-refractivity contribution is 5.77. The van der Waals surface area contributed by atoms with Crippen LogP contribution in [0.4, 0.5) is 0 Å². The normalized spacial score (nSPS) is 11.0. The number of para-hydroxylation sites is 1. The molecule has 0 radical (unpaired) electrons. The van der Waals surface area contributed by atoms with E-state index in [1.807, 2.05) is 26.8 Å². The Kier molecular flexibility index (Phi) is 4.17. The number of carbonyl (C=O) groups excluding carboxylic acids is 1. The smallest absolute Gasteiger partial charge is 0.258 e. The molecule has 5 heteroatoms. The first-order chi connectivity index (χ1) is 9.52. The van der Waals surface area contributed by atoms with Crippen molar-refractivity contribution in [2.24, 2.45) is 0 Å². The van der Waals surface area contributed by atoms with E-state index >= 15 is 0 Å². The van der Waals surface area contributed by atoms with E-state index in [9.17, 15) is 9.59 Å². The number of nitrogens with zero attached hydrogens (tertiary/aromatic N) is 2. The van der Waals surface area contributed by atoms with Crippen LogP contribution in [0.5, 0.6) is 0 Å². The van der Waals surface area contributed by atoms with Crippen molar-refractivity contribution >= 4 is 16.8 Å². The van der Waals surface area contributed by atoms with Crippen molar-refractivity contribution in [2.75, 3.05) is 0 Å². The van der Waals surface area contributed by atoms with Crippen LogP contribution in [0.1, 0.15) is 33.0 Å². The monoisotopic (exact) mass is 273 g/mol. The number of H-pyrrole nitrogens is 1. The molecular formula is C15H19N3O2. The molecule has 0 aliphatic heterocycles. The molecule has 2 rings (SSSR count). The number of aromatic nitrogens is 2. The van der Waals surface area contributed by atoms with Crippen LogP contribution in [0.25, 0.3) is 10.9 Å². The summed E-state index contributed by atoms with van der Waals surface area (Å²) in [5.74, 6) is 0.569. The van der Waals surface area contributed by atoms with Crippen LogP contribution >= 0.6 is 0 Å². The molecule has 1 aromatic heterocycles. The molecule has 0 fully saturated rings. The quantitative estimate of drug-likeness (QED) is 0.927. The molecule has 5 nitrogen and oxygen atoms in total. The van der Waals surface area contributed by atoms with E-state index in [1.54, 1.807) is 23.1 Å². The van der Waals surface area contributed by atoms with Crippen molar-refractivity contribution in [3.63, 3.8) is 0 Å². The SMILES string of the molecule is CCC(=O)N(Cc1nc2ccccc2c(=O)[nH]1)C(C)C. The van der Waals surface area contributed by atoms with Crippen molar-refractivity contribution in [1.82, 2.24) is 14.9 Å². The molecule has 1 aromatic carbocycles. The van der Waals surface area contributed by atoms with E-state index < -0.39 is 0 Å². The van der Waals surface area contributed by atoms with E-state index in [4.69, 9.17) is 0 Å². The number of nitrogens with one attached hydrogen (secondary N) is 1. The van der Waals surface area contributed by atoms with Crippen molar-refractivity contribution in [3.8, 4) is 0 Å². The van der Waals surface area contributed by atoms with Crippen LogP contribution in [-0.4, -0.2) is 26.8 Å². The van der Waals surface area contributed by atoms with Gasteiger partial charge in [-0.2, -0.15) is 0 Å². The second-order valence-corrected chi connectivity index (χ2v) is 5.00. The molecule has 0 bridgehead atoms. The number of rotatable bonds is 4. The van der Waals surface area contributed by atoms with Gasteiger partial charge in [-0.3, -0.25) is 9.59 Å². The van der Waals surface area contributed by atoms with Crippen molar-refractivity contribution in [2.45, 2.75) is 39.8 Å². The molecule has 0 saturated heterocycles. The number of amides is 1. The highest BCUT2D eigenvalue weighted by Gasteiger charge is 2.17. The van der Waals surface area contributed by atoms with Crippen LogP contribution in [-0.2, 0) is 11.3 Å². The zero-order valence-electron chi connectivity index (χ0n) is 12.0. The van der Waals surface area contributed by atoms with Crippen molar-refractivity contribution in [1.29, 1.82) is 0 Å². The van der Waals surface area contributed by atoms with Crippen LogP contribution < -0.4 is 5.56 Å². The lowest BCUT2D eigenvalue weighted by Crippen LogP contribution is -2.37. The Morgan fingerprint density at radius 1 is 1.35 bits per heavy atom. The molecule has 0 aliphatic carbocycles. The number of hydrogen-bond donors (Lipinski definition) is 1. The summed E-state index contributed by atoms with van der Waals surface area (Å²) < 4.78 is 0. The average molecular weight is 273 g/mol. The molecule has 2 aromatic rings. The summed E-state index contributed by atoms with van der Waals surface area (Å²) in [6.45, 7) is 6.05. The van der Waals surface area contributed by atoms with Gasteiger partial charge in [0.05, 0.1) is 17.4 Å². The van der Waals surface area contributed by atoms with Gasteiger partial charge in [0.1, 0.15) is 5.82 Å². The largest absolute Gasteiger partial charge is 0.333 e. The second-order valence-electron chi connectivity index (χ2n) is 5.00. The maximum Gasteiger partial charge on any atom is 0.258 e. The number of carbonyl (C=O) groups is 1. The third-order valence-corrected chi connectivity index (χ3v) is 3.23. The minimum absolute atomic E-state index is 0.0517. The molecule has 20 heavy (non-hydrogen) atoms. The number of fused-ring (bicyclic) bond motifs is 1. The van der Waals surface area contributed by atoms with Crippen molar-refractivity contribution in [3.05, 3.63) is 40.4 Å². The summed E-state index contributed by atoms with van der Waals surface area (Å²) in [4.78, 5) is 32.8. The van der Waals surface area contributed by atoms with Gasteiger partial charge in [-0.1, -0.05) is 19.1 Å². The minimum Gasteiger partial charge on any atom is -0.333 e. The Labute approximate surface area is 117 Å². The first kappa shape index (κ1) is 14.2. The Morgan fingerprint density at radius 2 is 2.05 bits per heavy atom. The molecule has 1 amide bonds. The van der Waals surface area contributed by atoms with E-state index in [0.717, 1.165) is 0 Å². The minimum atomic E-state index is -0.168. The summed E-state index contributed by atoms with van der Waals surface area (Å²) in [6.07, 6.45) is 0.440. The van der Waals surface area contributed by atoms with Gasteiger partial charge in [0.25, 0.3) is 5.56 Å². The Balaban J connectivity index is 2.38. The molecule has 0 unspecified atom stereocenters. The summed E-state index contributed by atoms with van der Waals surface area (Å²) in [7, 11) is 0. The van der Waals surface area contributed by atoms with E-state index in [0.29, 0.717) is 29.7 Å². The lowest BCUT2D eigenvalue weighted by molar-refractivity contribution is -0.133. The summed E-state index contributed by atoms with van der Waals surface area (Å²) >= 11 is 0. The average Bonchev–Trinajstić information content (AvgIpc) is 2.43. The third kappa shape index (κ3) is 2.87. The fraction of sp³-hybridized carbons (Fsp3) is 0.400. The number of hydrogen-bond acceptors (Lipinski definition) is 3. The van der Waals surface area contributed by atoms with E-state index in [-0.39, 0.29) is 17.5 Å². The van der Waals surface area contributed by atoms with Gasteiger partial charge in [-0.15, -0.1) is 0 Å². The predicted molar refractivity (Wildman–Crippen MR) is 78.3 cm³/mol. The molecule has 0 atom stereocenters. The summed E-state index contributed by atoms with van der Waals surface area (Å²) in [5, 5.41) is 0.564. The zero-order chi connectivity index (χ0) is 14.7. The Bertz CT molecular complexity index is 676. The number of benzene rings is 1. The van der Waals surface area contributed by atoms with Gasteiger partial charge in [0.15, 0.2) is 0 Å². The Hall–Kier alpha value is -2.17. The number of aromatic amines is 1. The fourth-order valence-corrected chi connectivity index (χ4v) is 2.13. The first-order valence-electron chi connectivity index (χ1n) is 6.80. The highest BCUT2D eigenvalue weighted by Crippen LogP contribution is 2.09. The molecule has 1 heterocycles. The zero-order valence-corrected chi connectivity index (χ0v) is 12.0. The third-order valence-electron chi connectivity index (χ3n) is 3.23. The fourth-order valence-electron chi connectivity index (χ4n) is 2.13. The maximum absolute atomic E-state index is 12.0. The van der Waals surface area contributed by atoms with Crippen LogP contribution in [0, 0.1) is 0 Å². The van der Waals surface area contributed by atoms with Crippen LogP contribution in [0.3, 0.4) is 0 Å². The van der Waals surface area contributed by atoms with E-state index in [2.05, 4.69) is 9.97 Å². The van der Waals surface area contributed by atoms with Gasteiger partial charge < -0.3 is 9.88 Å². The summed E-state index contributed by atoms with van der Waals surface area (Å²) in [5.41, 5.74) is 0.483. The van der Waals surface area contributed by atoms with Crippen molar-refractivity contribution < 1.29 is 4.79 Å². The predicted octanol–water partition coefficient (Wildman–Crippen LogP) is 2.07. The van der Waals surface area contributed by atoms with Gasteiger partial charge >= 0.3 is 0 Å². The topological polar surface area (TPSA) is 66.1 Å². The molecule has 106 valence electrons. The molecule has 1 N–H and O–H groups in total. The van der Waals surface area contributed by atoms with E-state index in [1.165, 1.54) is 0 Å². The highest BCUT2D eigenvalue weighted by atomic mass is 16.2. The van der Waals surface area contributed by atoms with Crippen LogP contribution in [0.15, 0.2) is 29.1 Å². The lowest BCUT2D eigenvalue weighted by atomic mass is 10.2. The molecule has 0 aliphatic rings. The van der Waals surface area contributed by atoms with Crippen LogP contribution in [0.2, 0.25) is 0 Å². The first-order valence-corrected chi connectivity index (χ1v) is 6.80. The summed E-state index contributed by atoms with van der Waals surface area (Å²) in [6, 6.07) is 7.26. The maximum atomic E-state index is 12.0. The standard InChI is InChI=1S/C15H19N3O2/c1-4-14(19)18(10(2)3)9-13-16-12-8-6-5-7-11(12)15(20)17-13/h5-8,10H,4,9H2,1-3H3,(H,16,17,20). The van der Waals surface area contributed by atoms with Gasteiger partial charge in [0.2, 0.25) is 5.91 Å². The molecule has 0 saturated carbocycles. The van der Waals surface area contributed by atoms with Gasteiger partial charge in [-0.25, -0.2) is 4.98 Å². The second kappa shape index (κ2) is 5.86. The van der Waals surface area contributed by atoms with Gasteiger partial charge in [-0.05, 0) is 26.0 Å². The lowest BCUT2D eigenvalue weighted by Gasteiger charge is -2.25. The molecule has 0 spiro atoms. The Morgan fingerprint density at radius 3 is 2.70 bits per heavy atom. The molecular weight excluding hydrogens is 254 g/mol. The van der Waals surface area contributed by atoms with Gasteiger partial charge in [0, 0.05) is 12.5 Å².